The van der Waals surface area contributed by atoms with Crippen molar-refractivity contribution in [3.63, 3.8) is 0 Å². The molecule has 0 radical (unpaired) electrons. The molecule has 0 atom stereocenters. The van der Waals surface area contributed by atoms with Crippen molar-refractivity contribution in [1.82, 2.24) is 14.9 Å². The van der Waals surface area contributed by atoms with Crippen molar-refractivity contribution in [2.24, 2.45) is 0 Å². The summed E-state index contributed by atoms with van der Waals surface area (Å²) in [7, 11) is -4.73. The summed E-state index contributed by atoms with van der Waals surface area (Å²) in [6.07, 6.45) is 4.57. The van der Waals surface area contributed by atoms with Crippen LogP contribution in [0, 0.1) is 12.7 Å². The summed E-state index contributed by atoms with van der Waals surface area (Å²) < 4.78 is 29.7. The predicted octanol–water partition coefficient (Wildman–Crippen LogP) is 3.72. The van der Waals surface area contributed by atoms with Gasteiger partial charge in [0.2, 0.25) is 6.41 Å². The number of aromatic nitrogens is 2. The van der Waals surface area contributed by atoms with Crippen LogP contribution in [0.25, 0.3) is 6.08 Å². The van der Waals surface area contributed by atoms with Gasteiger partial charge in [-0.3, -0.25) is 9.32 Å². The number of amides is 1. The number of phosphoric ester groups is 1. The van der Waals surface area contributed by atoms with Crippen LogP contribution in [0.15, 0.2) is 41.1 Å². The minimum atomic E-state index is -4.73. The van der Waals surface area contributed by atoms with Crippen LogP contribution in [0.4, 0.5) is 10.2 Å². The van der Waals surface area contributed by atoms with Crippen molar-refractivity contribution in [1.29, 1.82) is 0 Å². The van der Waals surface area contributed by atoms with Gasteiger partial charge in [-0.1, -0.05) is 23.7 Å². The van der Waals surface area contributed by atoms with E-state index in [4.69, 9.17) is 27.1 Å². The van der Waals surface area contributed by atoms with Crippen LogP contribution in [-0.4, -0.2) is 47.8 Å². The summed E-state index contributed by atoms with van der Waals surface area (Å²) >= 11 is 5.96. The minimum Gasteiger partial charge on any atom is -0.383 e. The number of hydrogen-bond acceptors (Lipinski definition) is 6. The average Bonchev–Trinajstić information content (AvgIpc) is 2.77. The van der Waals surface area contributed by atoms with Crippen LogP contribution in [0.1, 0.15) is 30.3 Å². The summed E-state index contributed by atoms with van der Waals surface area (Å²) in [5, 5.41) is 10.2. The molecule has 0 saturated heterocycles. The summed E-state index contributed by atoms with van der Waals surface area (Å²) in [5.41, 5.74) is 6.92. The molecule has 190 valence electrons. The van der Waals surface area contributed by atoms with Gasteiger partial charge >= 0.3 is 7.82 Å². The van der Waals surface area contributed by atoms with Gasteiger partial charge < -0.3 is 25.5 Å². The lowest BCUT2D eigenvalue weighted by Crippen LogP contribution is -2.22. The fraction of sp³-hybridized carbons (Fsp3) is 0.238. The molecule has 0 unspecified atom stereocenters. The van der Waals surface area contributed by atoms with Crippen LogP contribution in [0.2, 0.25) is 5.02 Å². The number of benzene rings is 1. The first kappa shape index (κ1) is 28.8. The van der Waals surface area contributed by atoms with E-state index in [2.05, 4.69) is 14.5 Å². The molecule has 5 N–H and O–H groups in total. The van der Waals surface area contributed by atoms with Crippen molar-refractivity contribution in [2.75, 3.05) is 12.3 Å². The van der Waals surface area contributed by atoms with Gasteiger partial charge in [-0.05, 0) is 32.1 Å². The fourth-order valence-corrected chi connectivity index (χ4v) is 4.22. The first-order valence-electron chi connectivity index (χ1n) is 10.0. The highest BCUT2D eigenvalue weighted by molar-refractivity contribution is 8.02. The lowest BCUT2D eigenvalue weighted by molar-refractivity contribution is -0.116. The Morgan fingerprint density at radius 3 is 2.74 bits per heavy atom. The SMILES string of the molecule is C/C(=C(CCOP(=O)(O)O)/[SH]=C(O)\C=C\c1cccc(Cl)c1F)N(C=O)Cc1cnc(C)nc1N. The van der Waals surface area contributed by atoms with Gasteiger partial charge in [0.15, 0.2) is 0 Å². The third-order valence-corrected chi connectivity index (χ3v) is 6.58. The topological polar surface area (TPSA) is 159 Å². The molecule has 0 fully saturated rings. The smallest absolute Gasteiger partial charge is 0.383 e. The average molecular weight is 547 g/mol. The normalized spacial score (nSPS) is 13.4. The van der Waals surface area contributed by atoms with Gasteiger partial charge in [0, 0.05) is 34.3 Å². The summed E-state index contributed by atoms with van der Waals surface area (Å²) in [6, 6.07) is 4.41. The largest absolute Gasteiger partial charge is 0.469 e. The summed E-state index contributed by atoms with van der Waals surface area (Å²) in [5.74, 6) is 0.0105. The maximum atomic E-state index is 14.1. The first-order valence-corrected chi connectivity index (χ1v) is 12.8. The molecule has 1 amide bonds. The van der Waals surface area contributed by atoms with E-state index >= 15 is 0 Å². The zero-order valence-corrected chi connectivity index (χ0v) is 21.3. The highest BCUT2D eigenvalue weighted by atomic mass is 35.5. The second kappa shape index (κ2) is 13.0. The molecular weight excluding hydrogens is 522 g/mol. The van der Waals surface area contributed by atoms with E-state index in [1.54, 1.807) is 19.9 Å². The molecule has 14 heteroatoms. The number of nitrogen functional groups attached to an aromatic ring is 1. The number of allylic oxidation sites excluding steroid dienone is 1. The number of carbonyl (C=O) groups is 1. The second-order valence-corrected chi connectivity index (χ2v) is 9.98. The van der Waals surface area contributed by atoms with E-state index < -0.39 is 13.6 Å². The van der Waals surface area contributed by atoms with Gasteiger partial charge in [-0.25, -0.2) is 18.9 Å². The van der Waals surface area contributed by atoms with Gasteiger partial charge in [-0.2, -0.15) is 0 Å². The molecule has 0 saturated carbocycles. The number of nitrogens with zero attached hydrogens (tertiary/aromatic N) is 3. The molecule has 10 nitrogen and oxygen atoms in total. The van der Waals surface area contributed by atoms with Crippen molar-refractivity contribution in [2.45, 2.75) is 26.8 Å². The molecule has 0 aliphatic heterocycles. The number of aliphatic hydroxyl groups excluding tert-OH is 1. The number of rotatable bonds is 11. The van der Waals surface area contributed by atoms with Crippen molar-refractivity contribution in [3.05, 3.63) is 68.9 Å². The zero-order valence-electron chi connectivity index (χ0n) is 18.8. The molecule has 0 spiro atoms. The first-order chi connectivity index (χ1) is 16.4. The molecule has 35 heavy (non-hydrogen) atoms. The van der Waals surface area contributed by atoms with Gasteiger partial charge in [0.25, 0.3) is 0 Å². The zero-order chi connectivity index (χ0) is 26.2. The van der Waals surface area contributed by atoms with E-state index in [0.29, 0.717) is 28.4 Å². The Labute approximate surface area is 210 Å². The number of hydrogen-bond donors (Lipinski definition) is 5. The Morgan fingerprint density at radius 1 is 1.40 bits per heavy atom. The maximum absolute atomic E-state index is 14.1. The number of carbonyl (C=O) groups excluding carboxylic acids is 1. The molecular formula is C21H25ClFN4O6PS. The van der Waals surface area contributed by atoms with Crippen LogP contribution >= 0.6 is 30.8 Å². The third-order valence-electron chi connectivity index (χ3n) is 4.58. The molecule has 2 rings (SSSR count). The number of thiol groups is 1. The Hall–Kier alpha value is -2.44. The Kier molecular flexibility index (Phi) is 10.7. The van der Waals surface area contributed by atoms with Crippen LogP contribution < -0.4 is 5.73 Å². The fourth-order valence-electron chi connectivity index (χ4n) is 2.79. The highest BCUT2D eigenvalue weighted by Crippen LogP contribution is 2.36. The standard InChI is InChI=1S/C21H25ClFN4O6PS/c1-13(27(12-28)11-16-10-25-14(2)26-21(16)24)18(8-9-33-34(30,31)32)35-19(29)7-6-15-4-3-5-17(22)20(15)23/h3-7,10,12,29,35H,8-9,11H2,1-2H3,(H2,24,25,26)(H2,30,31,32)/b7-6+,18-13-. The van der Waals surface area contributed by atoms with Gasteiger partial charge in [-0.15, -0.1) is 11.4 Å². The van der Waals surface area contributed by atoms with Crippen molar-refractivity contribution < 1.29 is 33.2 Å². The number of nitrogens with two attached hydrogens (primary N) is 1. The molecule has 1 heterocycles. The Balaban J connectivity index is 2.38. The monoisotopic (exact) mass is 546 g/mol. The molecule has 2 aromatic rings. The van der Waals surface area contributed by atoms with E-state index in [0.717, 1.165) is 0 Å². The van der Waals surface area contributed by atoms with E-state index in [-0.39, 0.29) is 52.4 Å². The lowest BCUT2D eigenvalue weighted by atomic mass is 10.2. The number of aliphatic hydroxyl groups is 1. The maximum Gasteiger partial charge on any atom is 0.469 e. The molecule has 0 aliphatic rings. The van der Waals surface area contributed by atoms with Gasteiger partial charge in [0.1, 0.15) is 17.5 Å². The van der Waals surface area contributed by atoms with Gasteiger partial charge in [0.05, 0.1) is 23.2 Å². The summed E-state index contributed by atoms with van der Waals surface area (Å²) in [4.78, 5) is 39.6. The van der Waals surface area contributed by atoms with Crippen LogP contribution in [0.5, 0.6) is 0 Å². The second-order valence-electron chi connectivity index (χ2n) is 7.11. The molecule has 0 aliphatic carbocycles. The van der Waals surface area contributed by atoms with Crippen molar-refractivity contribution >= 4 is 54.1 Å². The predicted molar refractivity (Wildman–Crippen MR) is 135 cm³/mol. The lowest BCUT2D eigenvalue weighted by Gasteiger charge is -2.21. The third kappa shape index (κ3) is 9.26. The van der Waals surface area contributed by atoms with Crippen LogP contribution in [-0.2, 0) is 20.4 Å². The van der Waals surface area contributed by atoms with Crippen molar-refractivity contribution in [3.8, 4) is 0 Å². The number of phosphoric acid groups is 1. The van der Waals surface area contributed by atoms with Crippen LogP contribution in [0.3, 0.4) is 0 Å². The van der Waals surface area contributed by atoms with E-state index in [1.807, 2.05) is 0 Å². The number of halogens is 2. The molecule has 1 aromatic carbocycles. The van der Waals surface area contributed by atoms with E-state index in [1.165, 1.54) is 35.4 Å². The molecule has 1 aromatic heterocycles. The summed E-state index contributed by atoms with van der Waals surface area (Å²) in [6.45, 7) is 2.89. The number of anilines is 1. The Morgan fingerprint density at radius 2 is 2.11 bits per heavy atom. The number of aryl methyl sites for hydroxylation is 1. The highest BCUT2D eigenvalue weighted by Gasteiger charge is 2.16. The minimum absolute atomic E-state index is 0.0180. The van der Waals surface area contributed by atoms with E-state index in [9.17, 15) is 18.9 Å². The quantitative estimate of drug-likeness (QED) is 0.0930. The Bertz CT molecular complexity index is 1220. The molecule has 0 bridgehead atoms.